The molecule has 2 nitrogen and oxygen atoms in total. The Labute approximate surface area is 74.6 Å². The molecule has 1 N–H and O–H groups in total. The van der Waals surface area contributed by atoms with Crippen molar-refractivity contribution < 1.29 is 0 Å². The first-order valence-electron chi connectivity index (χ1n) is 4.63. The first-order valence-corrected chi connectivity index (χ1v) is 4.63. The summed E-state index contributed by atoms with van der Waals surface area (Å²) in [4.78, 5) is 0. The van der Waals surface area contributed by atoms with Gasteiger partial charge in [-0.15, -0.1) is 0 Å². The molecule has 1 atom stereocenters. The Bertz CT molecular complexity index is 202. The van der Waals surface area contributed by atoms with Gasteiger partial charge in [-0.3, -0.25) is 4.68 Å². The highest BCUT2D eigenvalue weighted by molar-refractivity contribution is 4.95. The molecule has 0 radical (unpaired) electrons. The largest absolute Gasteiger partial charge is 0.323 e. The summed E-state index contributed by atoms with van der Waals surface area (Å²) in [6.07, 6.45) is 5.23. The highest BCUT2D eigenvalue weighted by Gasteiger charge is 2.09. The number of aromatic nitrogens is 1. The average Bonchev–Trinajstić information content (AvgIpc) is 2.51. The maximum atomic E-state index is 3.42. The summed E-state index contributed by atoms with van der Waals surface area (Å²) < 4.78 is 2.02. The third-order valence-corrected chi connectivity index (χ3v) is 2.16. The lowest BCUT2D eigenvalue weighted by Crippen LogP contribution is -2.30. The highest BCUT2D eigenvalue weighted by atomic mass is 15.4. The Balaban J connectivity index is 2.48. The van der Waals surface area contributed by atoms with Crippen molar-refractivity contribution in [1.82, 2.24) is 4.68 Å². The van der Waals surface area contributed by atoms with Gasteiger partial charge in [0, 0.05) is 18.4 Å². The number of nitrogens with one attached hydrogen (secondary N) is 1. The summed E-state index contributed by atoms with van der Waals surface area (Å²) in [6.45, 7) is 6.69. The summed E-state index contributed by atoms with van der Waals surface area (Å²) in [6, 6.07) is 4.62. The molecule has 2 heteroatoms. The van der Waals surface area contributed by atoms with E-state index in [-0.39, 0.29) is 0 Å². The second-order valence-corrected chi connectivity index (χ2v) is 3.48. The van der Waals surface area contributed by atoms with Crippen LogP contribution in [0.5, 0.6) is 0 Å². The van der Waals surface area contributed by atoms with Gasteiger partial charge in [0.2, 0.25) is 0 Å². The minimum atomic E-state index is 0.567. The third kappa shape index (κ3) is 2.29. The standard InChI is InChI=1S/C10H18N2/c1-4-10(9(2)3)11-12-7-5-6-8-12/h5-11H,4H2,1-3H3. The fourth-order valence-corrected chi connectivity index (χ4v) is 1.32. The highest BCUT2D eigenvalue weighted by Crippen LogP contribution is 2.06. The van der Waals surface area contributed by atoms with Crippen molar-refractivity contribution in [2.24, 2.45) is 5.92 Å². The van der Waals surface area contributed by atoms with Crippen LogP contribution in [0.3, 0.4) is 0 Å². The van der Waals surface area contributed by atoms with Gasteiger partial charge in [-0.1, -0.05) is 20.8 Å². The molecule has 0 aliphatic carbocycles. The summed E-state index contributed by atoms with van der Waals surface area (Å²) in [7, 11) is 0. The lowest BCUT2D eigenvalue weighted by molar-refractivity contribution is 0.474. The van der Waals surface area contributed by atoms with Crippen LogP contribution in [0.2, 0.25) is 0 Å². The Hall–Kier alpha value is -0.920. The molecule has 0 aliphatic rings. The number of hydrogen-bond donors (Lipinski definition) is 1. The van der Waals surface area contributed by atoms with E-state index in [0.29, 0.717) is 12.0 Å². The van der Waals surface area contributed by atoms with E-state index in [1.807, 2.05) is 29.2 Å². The van der Waals surface area contributed by atoms with Crippen molar-refractivity contribution in [1.29, 1.82) is 0 Å². The predicted octanol–water partition coefficient (Wildman–Crippen LogP) is 2.47. The van der Waals surface area contributed by atoms with Crippen LogP contribution in [-0.4, -0.2) is 10.7 Å². The molecule has 68 valence electrons. The van der Waals surface area contributed by atoms with Crippen LogP contribution >= 0.6 is 0 Å². The molecular formula is C10H18N2. The van der Waals surface area contributed by atoms with E-state index < -0.39 is 0 Å². The number of rotatable bonds is 4. The van der Waals surface area contributed by atoms with E-state index in [1.165, 1.54) is 0 Å². The maximum absolute atomic E-state index is 3.42. The molecule has 1 rings (SSSR count). The summed E-state index contributed by atoms with van der Waals surface area (Å²) in [5, 5.41) is 0. The molecule has 0 spiro atoms. The smallest absolute Gasteiger partial charge is 0.0444 e. The quantitative estimate of drug-likeness (QED) is 0.727. The van der Waals surface area contributed by atoms with Crippen molar-refractivity contribution in [3.05, 3.63) is 24.5 Å². The van der Waals surface area contributed by atoms with Gasteiger partial charge in [-0.25, -0.2) is 0 Å². The van der Waals surface area contributed by atoms with Gasteiger partial charge < -0.3 is 5.43 Å². The average molecular weight is 166 g/mol. The lowest BCUT2D eigenvalue weighted by Gasteiger charge is -2.22. The van der Waals surface area contributed by atoms with Crippen LogP contribution < -0.4 is 5.43 Å². The zero-order valence-corrected chi connectivity index (χ0v) is 8.12. The Morgan fingerprint density at radius 1 is 1.25 bits per heavy atom. The minimum absolute atomic E-state index is 0.567. The Morgan fingerprint density at radius 2 is 1.83 bits per heavy atom. The van der Waals surface area contributed by atoms with Crippen molar-refractivity contribution in [3.8, 4) is 0 Å². The van der Waals surface area contributed by atoms with E-state index in [2.05, 4.69) is 26.2 Å². The van der Waals surface area contributed by atoms with Crippen molar-refractivity contribution in [2.45, 2.75) is 33.2 Å². The SMILES string of the molecule is CCC(Nn1cccc1)C(C)C. The van der Waals surface area contributed by atoms with E-state index in [9.17, 15) is 0 Å². The molecule has 0 aromatic carbocycles. The second-order valence-electron chi connectivity index (χ2n) is 3.48. The van der Waals surface area contributed by atoms with Crippen molar-refractivity contribution in [3.63, 3.8) is 0 Å². The molecule has 0 bridgehead atoms. The van der Waals surface area contributed by atoms with Crippen molar-refractivity contribution in [2.75, 3.05) is 5.43 Å². The van der Waals surface area contributed by atoms with Crippen LogP contribution in [0.4, 0.5) is 0 Å². The summed E-state index contributed by atoms with van der Waals surface area (Å²) >= 11 is 0. The van der Waals surface area contributed by atoms with E-state index in [4.69, 9.17) is 0 Å². The van der Waals surface area contributed by atoms with Gasteiger partial charge in [0.05, 0.1) is 0 Å². The molecule has 0 aliphatic heterocycles. The topological polar surface area (TPSA) is 17.0 Å². The molecule has 1 unspecified atom stereocenters. The summed E-state index contributed by atoms with van der Waals surface area (Å²) in [5.74, 6) is 0.678. The molecule has 1 aromatic heterocycles. The zero-order valence-electron chi connectivity index (χ0n) is 8.12. The van der Waals surface area contributed by atoms with Crippen LogP contribution in [0.15, 0.2) is 24.5 Å². The fraction of sp³-hybridized carbons (Fsp3) is 0.600. The zero-order chi connectivity index (χ0) is 8.97. The van der Waals surface area contributed by atoms with Gasteiger partial charge in [0.1, 0.15) is 0 Å². The maximum Gasteiger partial charge on any atom is 0.0444 e. The van der Waals surface area contributed by atoms with Gasteiger partial charge >= 0.3 is 0 Å². The molecule has 0 saturated heterocycles. The Morgan fingerprint density at radius 3 is 2.25 bits per heavy atom. The fourth-order valence-electron chi connectivity index (χ4n) is 1.32. The molecule has 0 amide bonds. The van der Waals surface area contributed by atoms with Crippen LogP contribution in [0, 0.1) is 5.92 Å². The monoisotopic (exact) mass is 166 g/mol. The normalized spacial score (nSPS) is 13.3. The predicted molar refractivity (Wildman–Crippen MR) is 52.7 cm³/mol. The Kier molecular flexibility index (Phi) is 3.20. The van der Waals surface area contributed by atoms with Crippen LogP contribution in [-0.2, 0) is 0 Å². The second kappa shape index (κ2) is 4.19. The van der Waals surface area contributed by atoms with E-state index in [1.54, 1.807) is 0 Å². The molecule has 0 fully saturated rings. The van der Waals surface area contributed by atoms with Gasteiger partial charge in [0.15, 0.2) is 0 Å². The minimum Gasteiger partial charge on any atom is -0.323 e. The van der Waals surface area contributed by atoms with Gasteiger partial charge in [-0.05, 0) is 24.5 Å². The van der Waals surface area contributed by atoms with Crippen molar-refractivity contribution >= 4 is 0 Å². The summed E-state index contributed by atoms with van der Waals surface area (Å²) in [5.41, 5.74) is 3.42. The first kappa shape index (κ1) is 9.17. The van der Waals surface area contributed by atoms with Gasteiger partial charge in [-0.2, -0.15) is 0 Å². The molecule has 1 aromatic rings. The first-order chi connectivity index (χ1) is 5.74. The molecule has 12 heavy (non-hydrogen) atoms. The number of nitrogens with zero attached hydrogens (tertiary/aromatic N) is 1. The van der Waals surface area contributed by atoms with Gasteiger partial charge in [0.25, 0.3) is 0 Å². The van der Waals surface area contributed by atoms with Crippen LogP contribution in [0.1, 0.15) is 27.2 Å². The molecule has 0 saturated carbocycles. The van der Waals surface area contributed by atoms with E-state index >= 15 is 0 Å². The third-order valence-electron chi connectivity index (χ3n) is 2.16. The molecular weight excluding hydrogens is 148 g/mol. The lowest BCUT2D eigenvalue weighted by atomic mass is 10.0. The van der Waals surface area contributed by atoms with E-state index in [0.717, 1.165) is 6.42 Å². The molecule has 1 heterocycles. The number of hydrogen-bond acceptors (Lipinski definition) is 1. The van der Waals surface area contributed by atoms with Crippen LogP contribution in [0.25, 0.3) is 0 Å².